The summed E-state index contributed by atoms with van der Waals surface area (Å²) in [4.78, 5) is -0.0666. The number of rotatable bonds is 2. The molecule has 1 aromatic rings. The molecule has 0 aromatic heterocycles. The molecule has 6 heteroatoms. The number of benzene rings is 1. The first-order chi connectivity index (χ1) is 7.27. The quantitative estimate of drug-likeness (QED) is 0.600. The SMILES string of the molecule is CNN(C)C.Cc1ccc(S(=O)(=O)O)cc1. The van der Waals surface area contributed by atoms with Crippen LogP contribution in [0.3, 0.4) is 0 Å². The molecule has 0 saturated heterocycles. The molecule has 0 spiro atoms. The number of hydrazine groups is 1. The fourth-order valence-electron chi connectivity index (χ4n) is 0.710. The Morgan fingerprint density at radius 1 is 1.19 bits per heavy atom. The fraction of sp³-hybridized carbons (Fsp3) is 0.400. The van der Waals surface area contributed by atoms with Gasteiger partial charge in [0.1, 0.15) is 0 Å². The third kappa shape index (κ3) is 6.52. The first-order valence-electron chi connectivity index (χ1n) is 4.66. The molecule has 0 aliphatic rings. The standard InChI is InChI=1S/C7H8O3S.C3H10N2/c1-6-2-4-7(5-3-6)11(8,9)10;1-4-5(2)3/h2-5H,1H3,(H,8,9,10);4H,1-3H3. The lowest BCUT2D eigenvalue weighted by molar-refractivity contribution is 0.323. The van der Waals surface area contributed by atoms with Crippen molar-refractivity contribution in [3.8, 4) is 0 Å². The van der Waals surface area contributed by atoms with E-state index in [0.717, 1.165) is 5.56 Å². The summed E-state index contributed by atoms with van der Waals surface area (Å²) in [6.07, 6.45) is 0. The van der Waals surface area contributed by atoms with Crippen LogP contribution in [0, 0.1) is 6.92 Å². The van der Waals surface area contributed by atoms with Gasteiger partial charge in [-0.3, -0.25) is 15.0 Å². The highest BCUT2D eigenvalue weighted by molar-refractivity contribution is 7.85. The Morgan fingerprint density at radius 2 is 1.56 bits per heavy atom. The van der Waals surface area contributed by atoms with Gasteiger partial charge >= 0.3 is 0 Å². The topological polar surface area (TPSA) is 69.6 Å². The van der Waals surface area contributed by atoms with Crippen LogP contribution in [0.5, 0.6) is 0 Å². The van der Waals surface area contributed by atoms with Gasteiger partial charge in [-0.25, -0.2) is 0 Å². The molecule has 0 radical (unpaired) electrons. The second-order valence-electron chi connectivity index (χ2n) is 3.41. The van der Waals surface area contributed by atoms with Gasteiger partial charge in [-0.2, -0.15) is 8.42 Å². The Morgan fingerprint density at radius 3 is 1.81 bits per heavy atom. The van der Waals surface area contributed by atoms with Crippen molar-refractivity contribution in [3.05, 3.63) is 29.8 Å². The van der Waals surface area contributed by atoms with Crippen LogP contribution in [0.4, 0.5) is 0 Å². The average Bonchev–Trinajstić information content (AvgIpc) is 2.18. The third-order valence-corrected chi connectivity index (χ3v) is 2.63. The lowest BCUT2D eigenvalue weighted by Crippen LogP contribution is -2.25. The van der Waals surface area contributed by atoms with E-state index in [0.29, 0.717) is 0 Å². The zero-order valence-electron chi connectivity index (χ0n) is 9.93. The highest BCUT2D eigenvalue weighted by atomic mass is 32.2. The van der Waals surface area contributed by atoms with Crippen molar-refractivity contribution < 1.29 is 13.0 Å². The summed E-state index contributed by atoms with van der Waals surface area (Å²) in [5.41, 5.74) is 3.82. The Labute approximate surface area is 96.8 Å². The van der Waals surface area contributed by atoms with Gasteiger partial charge in [-0.05, 0) is 26.1 Å². The van der Waals surface area contributed by atoms with Crippen molar-refractivity contribution in [2.75, 3.05) is 21.1 Å². The Hall–Kier alpha value is -0.950. The van der Waals surface area contributed by atoms with Gasteiger partial charge in [-0.15, -0.1) is 0 Å². The first kappa shape index (κ1) is 15.0. The number of nitrogens with one attached hydrogen (secondary N) is 1. The molecule has 0 atom stereocenters. The van der Waals surface area contributed by atoms with Crippen molar-refractivity contribution in [3.63, 3.8) is 0 Å². The average molecular weight is 246 g/mol. The number of nitrogens with zero attached hydrogens (tertiary/aromatic N) is 1. The molecule has 0 heterocycles. The minimum Gasteiger partial charge on any atom is -0.282 e. The van der Waals surface area contributed by atoms with E-state index < -0.39 is 10.1 Å². The number of hydrogen-bond acceptors (Lipinski definition) is 4. The van der Waals surface area contributed by atoms with Crippen LogP contribution >= 0.6 is 0 Å². The second kappa shape index (κ2) is 6.59. The van der Waals surface area contributed by atoms with Crippen LogP contribution in [-0.4, -0.2) is 39.1 Å². The molecular formula is C10H18N2O3S. The normalized spacial score (nSPS) is 10.9. The minimum absolute atomic E-state index is 0.0666. The van der Waals surface area contributed by atoms with E-state index in [1.165, 1.54) is 12.1 Å². The predicted molar refractivity (Wildman–Crippen MR) is 63.7 cm³/mol. The summed E-state index contributed by atoms with van der Waals surface area (Å²) in [7, 11) is 1.74. The summed E-state index contributed by atoms with van der Waals surface area (Å²) >= 11 is 0. The summed E-state index contributed by atoms with van der Waals surface area (Å²) in [5, 5.41) is 1.88. The van der Waals surface area contributed by atoms with Crippen LogP contribution in [0.15, 0.2) is 29.2 Å². The van der Waals surface area contributed by atoms with Gasteiger partial charge in [0.25, 0.3) is 10.1 Å². The monoisotopic (exact) mass is 246 g/mol. The Balaban J connectivity index is 0.000000385. The van der Waals surface area contributed by atoms with E-state index in [9.17, 15) is 8.42 Å². The van der Waals surface area contributed by atoms with Gasteiger partial charge < -0.3 is 0 Å². The van der Waals surface area contributed by atoms with Crippen molar-refractivity contribution >= 4 is 10.1 Å². The molecule has 0 aliphatic heterocycles. The lowest BCUT2D eigenvalue weighted by atomic mass is 10.2. The molecule has 0 aliphatic carbocycles. The van der Waals surface area contributed by atoms with Crippen molar-refractivity contribution in [2.45, 2.75) is 11.8 Å². The minimum atomic E-state index is -4.02. The Kier molecular flexibility index (Phi) is 6.20. The molecule has 16 heavy (non-hydrogen) atoms. The molecule has 1 rings (SSSR count). The van der Waals surface area contributed by atoms with Crippen LogP contribution in [-0.2, 0) is 10.1 Å². The van der Waals surface area contributed by atoms with Crippen molar-refractivity contribution in [1.82, 2.24) is 10.4 Å². The van der Waals surface area contributed by atoms with Crippen LogP contribution < -0.4 is 5.43 Å². The summed E-state index contributed by atoms with van der Waals surface area (Å²) in [6.45, 7) is 1.84. The van der Waals surface area contributed by atoms with Gasteiger partial charge in [0.15, 0.2) is 0 Å². The van der Waals surface area contributed by atoms with Gasteiger partial charge in [0.05, 0.1) is 4.90 Å². The van der Waals surface area contributed by atoms with E-state index in [-0.39, 0.29) is 4.90 Å². The molecule has 0 bridgehead atoms. The largest absolute Gasteiger partial charge is 0.294 e. The zero-order chi connectivity index (χ0) is 12.8. The second-order valence-corrected chi connectivity index (χ2v) is 4.83. The van der Waals surface area contributed by atoms with E-state index in [2.05, 4.69) is 5.43 Å². The van der Waals surface area contributed by atoms with Gasteiger partial charge in [-0.1, -0.05) is 17.7 Å². The zero-order valence-corrected chi connectivity index (χ0v) is 10.7. The van der Waals surface area contributed by atoms with Crippen LogP contribution in [0.2, 0.25) is 0 Å². The maximum Gasteiger partial charge on any atom is 0.294 e. The molecular weight excluding hydrogens is 228 g/mol. The van der Waals surface area contributed by atoms with E-state index in [1.54, 1.807) is 12.1 Å². The molecule has 0 fully saturated rings. The molecule has 2 N–H and O–H groups in total. The highest BCUT2D eigenvalue weighted by Crippen LogP contribution is 2.08. The summed E-state index contributed by atoms with van der Waals surface area (Å²) in [6, 6.07) is 5.99. The smallest absolute Gasteiger partial charge is 0.282 e. The van der Waals surface area contributed by atoms with E-state index >= 15 is 0 Å². The molecule has 0 unspecified atom stereocenters. The number of hydrogen-bond donors (Lipinski definition) is 2. The molecule has 92 valence electrons. The third-order valence-electron chi connectivity index (χ3n) is 1.77. The predicted octanol–water partition coefficient (Wildman–Crippen LogP) is 0.924. The van der Waals surface area contributed by atoms with Gasteiger partial charge in [0.2, 0.25) is 0 Å². The molecule has 0 amide bonds. The lowest BCUT2D eigenvalue weighted by Gasteiger charge is -2.02. The van der Waals surface area contributed by atoms with Crippen LogP contribution in [0.25, 0.3) is 0 Å². The fourth-order valence-corrected chi connectivity index (χ4v) is 1.19. The van der Waals surface area contributed by atoms with Crippen LogP contribution in [0.1, 0.15) is 5.56 Å². The number of aryl methyl sites for hydroxylation is 1. The van der Waals surface area contributed by atoms with Crippen molar-refractivity contribution in [1.29, 1.82) is 0 Å². The summed E-state index contributed by atoms with van der Waals surface area (Å²) < 4.78 is 29.6. The molecule has 1 aromatic carbocycles. The van der Waals surface area contributed by atoms with Gasteiger partial charge in [0, 0.05) is 14.1 Å². The highest BCUT2D eigenvalue weighted by Gasteiger charge is 2.06. The Bertz CT molecular complexity index is 399. The summed E-state index contributed by atoms with van der Waals surface area (Å²) in [5.74, 6) is 0. The molecule has 5 nitrogen and oxygen atoms in total. The maximum absolute atomic E-state index is 10.5. The molecule has 0 saturated carbocycles. The van der Waals surface area contributed by atoms with Crippen molar-refractivity contribution in [2.24, 2.45) is 0 Å². The first-order valence-corrected chi connectivity index (χ1v) is 6.10. The van der Waals surface area contributed by atoms with E-state index in [1.807, 2.05) is 33.1 Å². The van der Waals surface area contributed by atoms with E-state index in [4.69, 9.17) is 4.55 Å². The maximum atomic E-state index is 10.5.